The molecule has 0 aliphatic heterocycles. The predicted molar refractivity (Wildman–Crippen MR) is 102 cm³/mol. The lowest BCUT2D eigenvalue weighted by Gasteiger charge is -2.08. The Morgan fingerprint density at radius 2 is 2.04 bits per heavy atom. The lowest BCUT2D eigenvalue weighted by molar-refractivity contribution is -0.385. The van der Waals surface area contributed by atoms with E-state index in [-0.39, 0.29) is 18.0 Å². The Balaban J connectivity index is 1.63. The first kappa shape index (κ1) is 19.5. The van der Waals surface area contributed by atoms with Crippen molar-refractivity contribution in [3.63, 3.8) is 0 Å². The van der Waals surface area contributed by atoms with E-state index < -0.39 is 10.9 Å². The molecule has 0 saturated carbocycles. The zero-order valence-corrected chi connectivity index (χ0v) is 16.0. The summed E-state index contributed by atoms with van der Waals surface area (Å²) in [5.74, 6) is -0.537. The van der Waals surface area contributed by atoms with Crippen LogP contribution in [0.15, 0.2) is 47.6 Å². The number of nitro groups is 1. The maximum absolute atomic E-state index is 12.1. The van der Waals surface area contributed by atoms with Crippen molar-refractivity contribution in [1.82, 2.24) is 20.2 Å². The van der Waals surface area contributed by atoms with Gasteiger partial charge >= 0.3 is 5.97 Å². The fourth-order valence-electron chi connectivity index (χ4n) is 2.50. The van der Waals surface area contributed by atoms with Gasteiger partial charge in [-0.25, -0.2) is 0 Å². The summed E-state index contributed by atoms with van der Waals surface area (Å²) in [5, 5.41) is 23.1. The van der Waals surface area contributed by atoms with Crippen molar-refractivity contribution in [2.45, 2.75) is 25.6 Å². The average molecular weight is 399 g/mol. The minimum absolute atomic E-state index is 0.0220. The predicted octanol–water partition coefficient (Wildman–Crippen LogP) is 3.02. The van der Waals surface area contributed by atoms with Gasteiger partial charge in [-0.3, -0.25) is 14.9 Å². The lowest BCUT2D eigenvalue weighted by Crippen LogP contribution is -2.09. The molecule has 144 valence electrons. The quantitative estimate of drug-likeness (QED) is 0.258. The first-order valence-electron chi connectivity index (χ1n) is 8.32. The van der Waals surface area contributed by atoms with Crippen LogP contribution < -0.4 is 0 Å². The van der Waals surface area contributed by atoms with Crippen molar-refractivity contribution < 1.29 is 14.5 Å². The van der Waals surface area contributed by atoms with Crippen LogP contribution in [0.3, 0.4) is 0 Å². The van der Waals surface area contributed by atoms with Crippen LogP contribution in [0.2, 0.25) is 0 Å². The van der Waals surface area contributed by atoms with Crippen molar-refractivity contribution in [3.05, 3.63) is 69.3 Å². The molecule has 0 radical (unpaired) electrons. The Morgan fingerprint density at radius 1 is 1.25 bits per heavy atom. The second-order valence-electron chi connectivity index (χ2n) is 6.00. The Kier molecular flexibility index (Phi) is 5.99. The number of benzene rings is 2. The molecular formula is C18H17N5O4S. The van der Waals surface area contributed by atoms with Crippen LogP contribution in [0, 0.1) is 24.0 Å². The second-order valence-corrected chi connectivity index (χ2v) is 6.94. The highest BCUT2D eigenvalue weighted by Crippen LogP contribution is 2.22. The van der Waals surface area contributed by atoms with Gasteiger partial charge in [0.1, 0.15) is 6.61 Å². The topological polar surface area (TPSA) is 113 Å². The molecule has 10 heteroatoms. The average Bonchev–Trinajstić information content (AvgIpc) is 3.15. The van der Waals surface area contributed by atoms with Gasteiger partial charge in [0, 0.05) is 6.07 Å². The summed E-state index contributed by atoms with van der Waals surface area (Å²) in [6.45, 7) is 3.75. The highest BCUT2D eigenvalue weighted by molar-refractivity contribution is 7.99. The molecule has 9 nitrogen and oxygen atoms in total. The van der Waals surface area contributed by atoms with Crippen molar-refractivity contribution >= 4 is 23.4 Å². The smallest absolute Gasteiger partial charge is 0.316 e. The van der Waals surface area contributed by atoms with Crippen LogP contribution in [0.4, 0.5) is 5.69 Å². The molecule has 2 aromatic carbocycles. The van der Waals surface area contributed by atoms with Gasteiger partial charge in [-0.15, -0.1) is 5.10 Å². The number of nitrogens with zero attached hydrogens (tertiary/aromatic N) is 5. The van der Waals surface area contributed by atoms with E-state index in [1.165, 1.54) is 6.07 Å². The van der Waals surface area contributed by atoms with E-state index in [1.54, 1.807) is 22.9 Å². The van der Waals surface area contributed by atoms with Crippen LogP contribution >= 0.6 is 11.8 Å². The molecule has 0 aliphatic rings. The molecule has 1 aromatic heterocycles. The standard InChI is InChI=1S/C18H17N5O4S/c1-12-7-8-13(2)16(9-12)22-18(19-20-21-22)28-11-17(24)27-10-14-5-3-4-6-15(14)23(25)26/h3-9H,10-11H2,1-2H3. The van der Waals surface area contributed by atoms with Gasteiger partial charge in [0.25, 0.3) is 5.69 Å². The van der Waals surface area contributed by atoms with E-state index in [4.69, 9.17) is 4.74 Å². The van der Waals surface area contributed by atoms with Crippen LogP contribution in [0.1, 0.15) is 16.7 Å². The summed E-state index contributed by atoms with van der Waals surface area (Å²) >= 11 is 1.14. The molecule has 1 heterocycles. The van der Waals surface area contributed by atoms with Gasteiger partial charge < -0.3 is 4.74 Å². The van der Waals surface area contributed by atoms with E-state index in [9.17, 15) is 14.9 Å². The lowest BCUT2D eigenvalue weighted by atomic mass is 10.1. The number of rotatable bonds is 7. The highest BCUT2D eigenvalue weighted by Gasteiger charge is 2.16. The van der Waals surface area contributed by atoms with E-state index in [0.29, 0.717) is 10.7 Å². The number of hydrogen-bond donors (Lipinski definition) is 0. The first-order valence-corrected chi connectivity index (χ1v) is 9.31. The maximum Gasteiger partial charge on any atom is 0.316 e. The molecule has 0 atom stereocenters. The molecule has 0 unspecified atom stereocenters. The van der Waals surface area contributed by atoms with Crippen LogP contribution in [-0.2, 0) is 16.1 Å². The van der Waals surface area contributed by atoms with E-state index in [2.05, 4.69) is 15.5 Å². The van der Waals surface area contributed by atoms with Crippen molar-refractivity contribution in [2.24, 2.45) is 0 Å². The third kappa shape index (κ3) is 4.52. The van der Waals surface area contributed by atoms with Crippen molar-refractivity contribution in [2.75, 3.05) is 5.75 Å². The molecule has 0 saturated heterocycles. The Hall–Kier alpha value is -3.27. The summed E-state index contributed by atoms with van der Waals surface area (Å²) in [4.78, 5) is 22.6. The van der Waals surface area contributed by atoms with E-state index >= 15 is 0 Å². The molecule has 0 bridgehead atoms. The minimum Gasteiger partial charge on any atom is -0.460 e. The van der Waals surface area contributed by atoms with Gasteiger partial charge in [0.05, 0.1) is 21.9 Å². The second kappa shape index (κ2) is 8.61. The number of carbonyl (C=O) groups excluding carboxylic acids is 1. The highest BCUT2D eigenvalue weighted by atomic mass is 32.2. The number of nitro benzene ring substituents is 1. The Labute approximate surface area is 164 Å². The number of aryl methyl sites for hydroxylation is 2. The fourth-order valence-corrected chi connectivity index (χ4v) is 3.18. The molecule has 3 rings (SSSR count). The Morgan fingerprint density at radius 3 is 2.82 bits per heavy atom. The fraction of sp³-hybridized carbons (Fsp3) is 0.222. The van der Waals surface area contributed by atoms with E-state index in [0.717, 1.165) is 28.6 Å². The van der Waals surface area contributed by atoms with Crippen LogP contribution in [-0.4, -0.2) is 36.9 Å². The van der Waals surface area contributed by atoms with Crippen LogP contribution in [0.25, 0.3) is 5.69 Å². The van der Waals surface area contributed by atoms with Gasteiger partial charge in [0.15, 0.2) is 0 Å². The summed E-state index contributed by atoms with van der Waals surface area (Å²) in [6, 6.07) is 12.1. The molecule has 28 heavy (non-hydrogen) atoms. The van der Waals surface area contributed by atoms with Gasteiger partial charge in [-0.2, -0.15) is 4.68 Å². The molecule has 0 N–H and O–H groups in total. The van der Waals surface area contributed by atoms with Crippen molar-refractivity contribution in [1.29, 1.82) is 0 Å². The maximum atomic E-state index is 12.1. The first-order chi connectivity index (χ1) is 13.5. The number of ether oxygens (including phenoxy) is 1. The molecule has 0 spiro atoms. The molecule has 0 aliphatic carbocycles. The number of hydrogen-bond acceptors (Lipinski definition) is 8. The van der Waals surface area contributed by atoms with Crippen molar-refractivity contribution in [3.8, 4) is 5.69 Å². The molecule has 3 aromatic rings. The summed E-state index contributed by atoms with van der Waals surface area (Å²) in [5.41, 5.74) is 3.16. The minimum atomic E-state index is -0.515. The molecule has 0 fully saturated rings. The van der Waals surface area contributed by atoms with Gasteiger partial charge in [-0.1, -0.05) is 36.0 Å². The number of para-hydroxylation sites is 1. The third-order valence-electron chi connectivity index (χ3n) is 3.93. The number of aromatic nitrogens is 4. The summed E-state index contributed by atoms with van der Waals surface area (Å²) in [6.07, 6.45) is 0. The number of esters is 1. The number of carbonyl (C=O) groups is 1. The molecular weight excluding hydrogens is 382 g/mol. The molecule has 0 amide bonds. The summed E-state index contributed by atoms with van der Waals surface area (Å²) < 4.78 is 6.74. The van der Waals surface area contributed by atoms with Gasteiger partial charge in [-0.05, 0) is 47.5 Å². The third-order valence-corrected chi connectivity index (χ3v) is 4.82. The largest absolute Gasteiger partial charge is 0.460 e. The van der Waals surface area contributed by atoms with Crippen LogP contribution in [0.5, 0.6) is 0 Å². The monoisotopic (exact) mass is 399 g/mol. The SMILES string of the molecule is Cc1ccc(C)c(-n2nnnc2SCC(=O)OCc2ccccc2[N+](=O)[O-])c1. The van der Waals surface area contributed by atoms with Gasteiger partial charge in [0.2, 0.25) is 5.16 Å². The van der Waals surface area contributed by atoms with E-state index in [1.807, 2.05) is 32.0 Å². The summed E-state index contributed by atoms with van der Waals surface area (Å²) in [7, 11) is 0. The number of thioether (sulfide) groups is 1. The normalized spacial score (nSPS) is 10.6. The Bertz CT molecular complexity index is 1020. The number of tetrazole rings is 1. The zero-order chi connectivity index (χ0) is 20.1. The zero-order valence-electron chi connectivity index (χ0n) is 15.2.